The van der Waals surface area contributed by atoms with Gasteiger partial charge in [-0.15, -0.1) is 0 Å². The molecule has 100 valence electrons. The molecule has 0 radical (unpaired) electrons. The van der Waals surface area contributed by atoms with Crippen molar-refractivity contribution in [3.8, 4) is 0 Å². The van der Waals surface area contributed by atoms with E-state index in [-0.39, 0.29) is 31.0 Å². The first-order valence-electron chi connectivity index (χ1n) is 5.51. The summed E-state index contributed by atoms with van der Waals surface area (Å²) < 4.78 is 14.1. The number of nitrogens with zero attached hydrogens (tertiary/aromatic N) is 1. The molecule has 0 spiro atoms. The van der Waals surface area contributed by atoms with Crippen LogP contribution in [0.3, 0.4) is 0 Å². The lowest BCUT2D eigenvalue weighted by Crippen LogP contribution is -2.43. The Bertz CT molecular complexity index is 429. The van der Waals surface area contributed by atoms with Gasteiger partial charge < -0.3 is 15.3 Å². The molecule has 0 fully saturated rings. The van der Waals surface area contributed by atoms with E-state index in [9.17, 15) is 9.18 Å². The zero-order chi connectivity index (χ0) is 13.7. The fourth-order valence-electron chi connectivity index (χ4n) is 1.28. The van der Waals surface area contributed by atoms with E-state index in [4.69, 9.17) is 5.11 Å². The molecule has 2 N–H and O–H groups in total. The van der Waals surface area contributed by atoms with Crippen molar-refractivity contribution in [2.24, 2.45) is 0 Å². The maximum absolute atomic E-state index is 13.5. The van der Waals surface area contributed by atoms with E-state index in [1.165, 1.54) is 11.0 Å². The lowest BCUT2D eigenvalue weighted by molar-refractivity contribution is 0.157. The summed E-state index contributed by atoms with van der Waals surface area (Å²) in [6.07, 6.45) is 0. The number of amides is 2. The molecule has 0 unspecified atom stereocenters. The first kappa shape index (κ1) is 14.9. The van der Waals surface area contributed by atoms with Crippen molar-refractivity contribution in [3.63, 3.8) is 0 Å². The predicted octanol–water partition coefficient (Wildman–Crippen LogP) is 2.11. The second-order valence-electron chi connectivity index (χ2n) is 4.04. The van der Waals surface area contributed by atoms with Gasteiger partial charge in [-0.05, 0) is 19.1 Å². The van der Waals surface area contributed by atoms with Crippen LogP contribution in [-0.2, 0) is 6.54 Å². The smallest absolute Gasteiger partial charge is 0.317 e. The van der Waals surface area contributed by atoms with Crippen LogP contribution in [0.5, 0.6) is 0 Å². The third kappa shape index (κ3) is 3.96. The second kappa shape index (κ2) is 6.70. The number of urea groups is 1. The molecule has 0 aromatic heterocycles. The zero-order valence-corrected chi connectivity index (χ0v) is 11.9. The largest absolute Gasteiger partial charge is 0.394 e. The Morgan fingerprint density at radius 3 is 2.83 bits per heavy atom. The highest BCUT2D eigenvalue weighted by Crippen LogP contribution is 2.15. The number of hydrogen-bond acceptors (Lipinski definition) is 2. The van der Waals surface area contributed by atoms with E-state index in [2.05, 4.69) is 21.2 Å². The Morgan fingerprint density at radius 2 is 2.28 bits per heavy atom. The Hall–Kier alpha value is -1.14. The van der Waals surface area contributed by atoms with E-state index in [1.54, 1.807) is 26.1 Å². The van der Waals surface area contributed by atoms with Crippen molar-refractivity contribution in [2.75, 3.05) is 13.7 Å². The van der Waals surface area contributed by atoms with Gasteiger partial charge in [0.25, 0.3) is 0 Å². The number of benzene rings is 1. The van der Waals surface area contributed by atoms with Crippen LogP contribution in [0.15, 0.2) is 22.7 Å². The molecule has 1 atom stereocenters. The quantitative estimate of drug-likeness (QED) is 0.893. The van der Waals surface area contributed by atoms with Crippen molar-refractivity contribution in [2.45, 2.75) is 19.5 Å². The highest BCUT2D eigenvalue weighted by atomic mass is 79.9. The normalized spacial score (nSPS) is 12.1. The molecule has 6 heteroatoms. The fourth-order valence-corrected chi connectivity index (χ4v) is 1.62. The van der Waals surface area contributed by atoms with Crippen molar-refractivity contribution in [1.82, 2.24) is 10.2 Å². The number of carbonyl (C=O) groups excluding carboxylic acids is 1. The van der Waals surface area contributed by atoms with Gasteiger partial charge in [0.05, 0.1) is 12.6 Å². The summed E-state index contributed by atoms with van der Waals surface area (Å²) in [6.45, 7) is 1.72. The molecule has 0 aliphatic rings. The van der Waals surface area contributed by atoms with Crippen LogP contribution in [0.2, 0.25) is 0 Å². The third-order valence-electron chi connectivity index (χ3n) is 2.69. The minimum atomic E-state index is -0.373. The number of rotatable bonds is 4. The molecular formula is C12H16BrFN2O2. The summed E-state index contributed by atoms with van der Waals surface area (Å²) in [6, 6.07) is 4.04. The number of hydrogen-bond donors (Lipinski definition) is 2. The van der Waals surface area contributed by atoms with Crippen LogP contribution in [0.4, 0.5) is 9.18 Å². The fraction of sp³-hybridized carbons (Fsp3) is 0.417. The molecule has 0 saturated carbocycles. The molecule has 1 rings (SSSR count). The van der Waals surface area contributed by atoms with Crippen molar-refractivity contribution in [3.05, 3.63) is 34.1 Å². The third-order valence-corrected chi connectivity index (χ3v) is 3.18. The van der Waals surface area contributed by atoms with E-state index >= 15 is 0 Å². The average Bonchev–Trinajstić information content (AvgIpc) is 2.35. The topological polar surface area (TPSA) is 52.6 Å². The lowest BCUT2D eigenvalue weighted by Gasteiger charge is -2.23. The molecule has 4 nitrogen and oxygen atoms in total. The van der Waals surface area contributed by atoms with E-state index in [0.29, 0.717) is 10.0 Å². The van der Waals surface area contributed by atoms with Crippen LogP contribution in [0.1, 0.15) is 12.5 Å². The van der Waals surface area contributed by atoms with Crippen molar-refractivity contribution in [1.29, 1.82) is 0 Å². The van der Waals surface area contributed by atoms with Gasteiger partial charge in [0.2, 0.25) is 0 Å². The van der Waals surface area contributed by atoms with Crippen LogP contribution < -0.4 is 5.32 Å². The van der Waals surface area contributed by atoms with Gasteiger partial charge in [0.1, 0.15) is 5.82 Å². The first-order chi connectivity index (χ1) is 8.45. The van der Waals surface area contributed by atoms with Gasteiger partial charge >= 0.3 is 6.03 Å². The number of aliphatic hydroxyl groups excluding tert-OH is 1. The van der Waals surface area contributed by atoms with Crippen molar-refractivity contribution >= 4 is 22.0 Å². The molecule has 2 amide bonds. The van der Waals surface area contributed by atoms with Crippen LogP contribution in [0, 0.1) is 5.82 Å². The molecule has 0 aliphatic carbocycles. The first-order valence-corrected chi connectivity index (χ1v) is 6.30. The van der Waals surface area contributed by atoms with Gasteiger partial charge in [-0.3, -0.25) is 0 Å². The van der Waals surface area contributed by atoms with Gasteiger partial charge in [0.15, 0.2) is 0 Å². The summed E-state index contributed by atoms with van der Waals surface area (Å²) in [5.41, 5.74) is 0.414. The monoisotopic (exact) mass is 318 g/mol. The highest BCUT2D eigenvalue weighted by Gasteiger charge is 2.14. The highest BCUT2D eigenvalue weighted by molar-refractivity contribution is 9.10. The Kier molecular flexibility index (Phi) is 5.55. The SMILES string of the molecule is C[C@@H](CO)N(C)C(=O)NCc1ccc(Br)cc1F. The number of aliphatic hydroxyl groups is 1. The summed E-state index contributed by atoms with van der Waals surface area (Å²) in [5.74, 6) is -0.373. The summed E-state index contributed by atoms with van der Waals surface area (Å²) in [7, 11) is 1.58. The molecule has 0 heterocycles. The van der Waals surface area contributed by atoms with Gasteiger partial charge in [-0.2, -0.15) is 0 Å². The van der Waals surface area contributed by atoms with Crippen molar-refractivity contribution < 1.29 is 14.3 Å². The Balaban J connectivity index is 2.57. The number of halogens is 2. The Morgan fingerprint density at radius 1 is 1.61 bits per heavy atom. The average molecular weight is 319 g/mol. The maximum Gasteiger partial charge on any atom is 0.317 e. The minimum Gasteiger partial charge on any atom is -0.394 e. The molecule has 0 aliphatic heterocycles. The van der Waals surface area contributed by atoms with Crippen LogP contribution in [-0.4, -0.2) is 35.7 Å². The molecule has 0 bridgehead atoms. The molecule has 18 heavy (non-hydrogen) atoms. The second-order valence-corrected chi connectivity index (χ2v) is 4.95. The standard InChI is InChI=1S/C12H16BrFN2O2/c1-8(7-17)16(2)12(18)15-6-9-3-4-10(13)5-11(9)14/h3-5,8,17H,6-7H2,1-2H3,(H,15,18)/t8-/m0/s1. The van der Waals surface area contributed by atoms with Gasteiger partial charge in [-0.1, -0.05) is 22.0 Å². The van der Waals surface area contributed by atoms with E-state index < -0.39 is 0 Å². The van der Waals surface area contributed by atoms with Gasteiger partial charge in [-0.25, -0.2) is 9.18 Å². The lowest BCUT2D eigenvalue weighted by atomic mass is 10.2. The number of likely N-dealkylation sites (N-methyl/N-ethyl adjacent to an activating group) is 1. The van der Waals surface area contributed by atoms with Gasteiger partial charge in [0, 0.05) is 23.6 Å². The number of nitrogens with one attached hydrogen (secondary N) is 1. The molecule has 1 aromatic rings. The molecule has 1 aromatic carbocycles. The van der Waals surface area contributed by atoms with E-state index in [1.807, 2.05) is 0 Å². The molecular weight excluding hydrogens is 303 g/mol. The zero-order valence-electron chi connectivity index (χ0n) is 10.3. The number of carbonyl (C=O) groups is 1. The predicted molar refractivity (Wildman–Crippen MR) is 70.6 cm³/mol. The Labute approximate surface area is 114 Å². The summed E-state index contributed by atoms with van der Waals surface area (Å²) >= 11 is 3.16. The summed E-state index contributed by atoms with van der Waals surface area (Å²) in [5, 5.41) is 11.5. The van der Waals surface area contributed by atoms with Crippen LogP contribution >= 0.6 is 15.9 Å². The summed E-state index contributed by atoms with van der Waals surface area (Å²) in [4.78, 5) is 13.0. The maximum atomic E-state index is 13.5. The van der Waals surface area contributed by atoms with E-state index in [0.717, 1.165) is 0 Å². The van der Waals surface area contributed by atoms with Crippen LogP contribution in [0.25, 0.3) is 0 Å². The minimum absolute atomic E-state index is 0.112. The molecule has 0 saturated heterocycles.